The molecular formula is C26H40O3. The maximum Gasteiger partial charge on any atom is 0.0809 e. The average Bonchev–Trinajstić information content (AvgIpc) is 3.01. The quantitative estimate of drug-likeness (QED) is 0.563. The zero-order chi connectivity index (χ0) is 21.2. The van der Waals surface area contributed by atoms with Crippen LogP contribution in [0.3, 0.4) is 0 Å². The number of aliphatic hydroxyl groups excluding tert-OH is 3. The fraction of sp³-hybridized carbons (Fsp3) is 0.692. The Kier molecular flexibility index (Phi) is 7.24. The highest BCUT2D eigenvalue weighted by Crippen LogP contribution is 2.59. The maximum absolute atomic E-state index is 10.1. The lowest BCUT2D eigenvalue weighted by Crippen LogP contribution is -2.35. The van der Waals surface area contributed by atoms with E-state index < -0.39 is 12.2 Å². The molecule has 0 aromatic carbocycles. The van der Waals surface area contributed by atoms with Crippen molar-refractivity contribution in [3.8, 4) is 0 Å². The molecule has 0 radical (unpaired) electrons. The first-order chi connectivity index (χ1) is 13.7. The standard InChI is InChI=1S/C26H40O3/c1-17(7-5-8-18(2)27)22-12-13-23-21(9-6-14-26(22,23)4)11-10-20-15-24(28)19(3)25(29)16-20/h5,7,10-11,17-18,22-25,27-29H,3,6,8-9,12-16H2,1-2,4H3/b7-5+,21-11+/t17-,18+,22-,23+,24-,25-,26-/m1/s1. The van der Waals surface area contributed by atoms with Gasteiger partial charge in [0.1, 0.15) is 0 Å². The first kappa shape index (κ1) is 22.5. The van der Waals surface area contributed by atoms with Crippen molar-refractivity contribution >= 4 is 0 Å². The number of aliphatic hydroxyl groups is 3. The molecule has 3 fully saturated rings. The maximum atomic E-state index is 10.1. The van der Waals surface area contributed by atoms with Gasteiger partial charge < -0.3 is 15.3 Å². The van der Waals surface area contributed by atoms with Crippen LogP contribution in [0.5, 0.6) is 0 Å². The van der Waals surface area contributed by atoms with Crippen molar-refractivity contribution in [1.82, 2.24) is 0 Å². The minimum absolute atomic E-state index is 0.267. The van der Waals surface area contributed by atoms with E-state index in [0.29, 0.717) is 41.6 Å². The Morgan fingerprint density at radius 1 is 1.14 bits per heavy atom. The van der Waals surface area contributed by atoms with Crippen LogP contribution in [-0.4, -0.2) is 33.6 Å². The fourth-order valence-corrected chi connectivity index (χ4v) is 6.19. The molecular weight excluding hydrogens is 360 g/mol. The highest BCUT2D eigenvalue weighted by Gasteiger charge is 2.50. The van der Waals surface area contributed by atoms with Gasteiger partial charge in [-0.05, 0) is 87.0 Å². The molecule has 3 heteroatoms. The summed E-state index contributed by atoms with van der Waals surface area (Å²) in [6, 6.07) is 0. The molecule has 0 aromatic rings. The van der Waals surface area contributed by atoms with Crippen LogP contribution in [0.4, 0.5) is 0 Å². The summed E-state index contributed by atoms with van der Waals surface area (Å²) < 4.78 is 0. The van der Waals surface area contributed by atoms with Crippen molar-refractivity contribution in [1.29, 1.82) is 0 Å². The second-order valence-electron chi connectivity index (χ2n) is 10.0. The van der Waals surface area contributed by atoms with E-state index >= 15 is 0 Å². The molecule has 3 saturated carbocycles. The van der Waals surface area contributed by atoms with Gasteiger partial charge in [0.15, 0.2) is 0 Å². The predicted molar refractivity (Wildman–Crippen MR) is 119 cm³/mol. The molecule has 3 nitrogen and oxygen atoms in total. The van der Waals surface area contributed by atoms with Gasteiger partial charge in [-0.15, -0.1) is 0 Å². The Bertz CT molecular complexity index is 670. The normalized spacial score (nSPS) is 39.0. The van der Waals surface area contributed by atoms with E-state index in [1.54, 1.807) is 5.57 Å². The molecule has 3 aliphatic rings. The van der Waals surface area contributed by atoms with Gasteiger partial charge in [-0.25, -0.2) is 0 Å². The van der Waals surface area contributed by atoms with Crippen molar-refractivity contribution in [2.24, 2.45) is 23.2 Å². The van der Waals surface area contributed by atoms with Gasteiger partial charge in [0, 0.05) is 0 Å². The Balaban J connectivity index is 1.72. The molecule has 3 rings (SSSR count). The number of allylic oxidation sites excluding steroid dienone is 4. The Morgan fingerprint density at radius 2 is 1.83 bits per heavy atom. The highest BCUT2D eigenvalue weighted by atomic mass is 16.3. The summed E-state index contributed by atoms with van der Waals surface area (Å²) in [6.45, 7) is 10.5. The van der Waals surface area contributed by atoms with Gasteiger partial charge >= 0.3 is 0 Å². The van der Waals surface area contributed by atoms with Crippen molar-refractivity contribution in [2.45, 2.75) is 90.4 Å². The van der Waals surface area contributed by atoms with Crippen LogP contribution in [0.1, 0.15) is 72.1 Å². The summed E-state index contributed by atoms with van der Waals surface area (Å²) in [5, 5.41) is 29.7. The first-order valence-corrected chi connectivity index (χ1v) is 11.5. The van der Waals surface area contributed by atoms with E-state index in [1.165, 1.54) is 32.1 Å². The molecule has 162 valence electrons. The van der Waals surface area contributed by atoms with Gasteiger partial charge in [-0.3, -0.25) is 0 Å². The smallest absolute Gasteiger partial charge is 0.0809 e. The molecule has 0 unspecified atom stereocenters. The van der Waals surface area contributed by atoms with Gasteiger partial charge in [0.2, 0.25) is 0 Å². The molecule has 7 atom stereocenters. The molecule has 0 saturated heterocycles. The van der Waals surface area contributed by atoms with E-state index in [1.807, 2.05) is 6.92 Å². The molecule has 3 aliphatic carbocycles. The summed E-state index contributed by atoms with van der Waals surface area (Å²) in [7, 11) is 0. The molecule has 0 heterocycles. The summed E-state index contributed by atoms with van der Waals surface area (Å²) in [5.41, 5.74) is 3.58. The van der Waals surface area contributed by atoms with Gasteiger partial charge in [-0.1, -0.05) is 55.9 Å². The lowest BCUT2D eigenvalue weighted by molar-refractivity contribution is 0.112. The fourth-order valence-electron chi connectivity index (χ4n) is 6.19. The summed E-state index contributed by atoms with van der Waals surface area (Å²) >= 11 is 0. The Labute approximate surface area is 176 Å². The van der Waals surface area contributed by atoms with Crippen LogP contribution < -0.4 is 0 Å². The molecule has 0 aliphatic heterocycles. The minimum Gasteiger partial charge on any atom is -0.393 e. The zero-order valence-corrected chi connectivity index (χ0v) is 18.5. The summed E-state index contributed by atoms with van der Waals surface area (Å²) in [4.78, 5) is 0. The van der Waals surface area contributed by atoms with E-state index in [-0.39, 0.29) is 6.10 Å². The molecule has 0 aromatic heterocycles. The number of rotatable bonds is 5. The van der Waals surface area contributed by atoms with Crippen LogP contribution in [0.25, 0.3) is 0 Å². The van der Waals surface area contributed by atoms with Gasteiger partial charge in [0.05, 0.1) is 18.3 Å². The van der Waals surface area contributed by atoms with Gasteiger partial charge in [0.25, 0.3) is 0 Å². The van der Waals surface area contributed by atoms with Crippen LogP contribution in [0.2, 0.25) is 0 Å². The van der Waals surface area contributed by atoms with E-state index in [2.05, 4.69) is 44.7 Å². The third-order valence-corrected chi connectivity index (χ3v) is 7.89. The van der Waals surface area contributed by atoms with Crippen LogP contribution in [-0.2, 0) is 0 Å². The monoisotopic (exact) mass is 400 g/mol. The summed E-state index contributed by atoms with van der Waals surface area (Å²) in [6.07, 6.45) is 15.6. The van der Waals surface area contributed by atoms with Crippen molar-refractivity contribution < 1.29 is 15.3 Å². The Hall–Kier alpha value is -1.16. The number of hydrogen-bond donors (Lipinski definition) is 3. The lowest BCUT2D eigenvalue weighted by atomic mass is 9.61. The third-order valence-electron chi connectivity index (χ3n) is 7.89. The first-order valence-electron chi connectivity index (χ1n) is 11.5. The molecule has 0 bridgehead atoms. The topological polar surface area (TPSA) is 60.7 Å². The minimum atomic E-state index is -0.620. The Morgan fingerprint density at radius 3 is 2.48 bits per heavy atom. The van der Waals surface area contributed by atoms with Crippen molar-refractivity contribution in [3.63, 3.8) is 0 Å². The largest absolute Gasteiger partial charge is 0.393 e. The molecule has 3 N–H and O–H groups in total. The number of hydrogen-bond acceptors (Lipinski definition) is 3. The summed E-state index contributed by atoms with van der Waals surface area (Å²) in [5.74, 6) is 1.87. The lowest BCUT2D eigenvalue weighted by Gasteiger charge is -2.44. The van der Waals surface area contributed by atoms with Crippen LogP contribution in [0, 0.1) is 23.2 Å². The molecule has 29 heavy (non-hydrogen) atoms. The van der Waals surface area contributed by atoms with E-state index in [0.717, 1.165) is 12.0 Å². The van der Waals surface area contributed by atoms with Crippen molar-refractivity contribution in [2.75, 3.05) is 0 Å². The average molecular weight is 401 g/mol. The van der Waals surface area contributed by atoms with Crippen LogP contribution in [0.15, 0.2) is 47.6 Å². The second kappa shape index (κ2) is 9.32. The van der Waals surface area contributed by atoms with E-state index in [4.69, 9.17) is 0 Å². The van der Waals surface area contributed by atoms with Crippen molar-refractivity contribution in [3.05, 3.63) is 47.6 Å². The SMILES string of the molecule is C=C1[C@H](O)CC(=C/C=C2\CCC[C@]3(C)[C@@H]([C@H](C)/C=C/C[C@H](C)O)CC[C@@H]23)C[C@H]1O. The molecule has 0 amide bonds. The highest BCUT2D eigenvalue weighted by molar-refractivity contribution is 5.29. The zero-order valence-electron chi connectivity index (χ0n) is 18.5. The number of fused-ring (bicyclic) bond motifs is 1. The molecule has 0 spiro atoms. The predicted octanol–water partition coefficient (Wildman–Crippen LogP) is 5.09. The second-order valence-corrected chi connectivity index (χ2v) is 10.0. The van der Waals surface area contributed by atoms with Gasteiger partial charge in [-0.2, -0.15) is 0 Å². The van der Waals surface area contributed by atoms with Crippen LogP contribution >= 0.6 is 0 Å². The third kappa shape index (κ3) is 4.95. The van der Waals surface area contributed by atoms with E-state index in [9.17, 15) is 15.3 Å².